The van der Waals surface area contributed by atoms with Crippen molar-refractivity contribution in [1.82, 2.24) is 4.90 Å². The van der Waals surface area contributed by atoms with Crippen molar-refractivity contribution >= 4 is 17.4 Å². The van der Waals surface area contributed by atoms with Crippen molar-refractivity contribution in [1.29, 1.82) is 0 Å². The Kier molecular flexibility index (Phi) is 4.11. The van der Waals surface area contributed by atoms with E-state index in [1.54, 1.807) is 0 Å². The lowest BCUT2D eigenvalue weighted by atomic mass is 10.0. The van der Waals surface area contributed by atoms with Gasteiger partial charge in [-0.15, -0.1) is 0 Å². The smallest absolute Gasteiger partial charge is 0.322 e. The molecule has 0 bridgehead atoms. The second-order valence-corrected chi connectivity index (χ2v) is 6.61. The van der Waals surface area contributed by atoms with Crippen LogP contribution in [0.4, 0.5) is 16.2 Å². The van der Waals surface area contributed by atoms with Crippen LogP contribution in [0.25, 0.3) is 0 Å². The van der Waals surface area contributed by atoms with E-state index in [4.69, 9.17) is 0 Å². The number of amides is 2. The molecule has 0 atom stereocenters. The molecule has 4 heteroatoms. The summed E-state index contributed by atoms with van der Waals surface area (Å²) in [6.45, 7) is 3.74. The van der Waals surface area contributed by atoms with Gasteiger partial charge < -0.3 is 15.1 Å². The molecule has 2 aliphatic heterocycles. The summed E-state index contributed by atoms with van der Waals surface area (Å²) < 4.78 is 0. The molecule has 0 aliphatic carbocycles. The molecular weight excluding hydrogens is 298 g/mol. The van der Waals surface area contributed by atoms with E-state index < -0.39 is 0 Å². The van der Waals surface area contributed by atoms with Crippen LogP contribution in [0.3, 0.4) is 0 Å². The van der Waals surface area contributed by atoms with Gasteiger partial charge in [0.05, 0.1) is 0 Å². The zero-order valence-electron chi connectivity index (χ0n) is 13.9. The molecule has 1 fully saturated rings. The molecule has 4 rings (SSSR count). The number of hydrogen-bond donors (Lipinski definition) is 1. The van der Waals surface area contributed by atoms with Crippen molar-refractivity contribution in [3.05, 3.63) is 59.7 Å². The second kappa shape index (κ2) is 6.56. The van der Waals surface area contributed by atoms with Crippen molar-refractivity contribution in [3.8, 4) is 0 Å². The standard InChI is InChI=1S/C20H23N3O/c24-20(23-14-11-16-5-1-2-6-17(16)15-23)21-18-7-9-19(10-8-18)22-12-3-4-13-22/h1-2,5-10H,3-4,11-15H2,(H,21,24). The van der Waals surface area contributed by atoms with E-state index in [-0.39, 0.29) is 6.03 Å². The molecule has 1 saturated heterocycles. The second-order valence-electron chi connectivity index (χ2n) is 6.61. The normalized spacial score (nSPS) is 16.8. The van der Waals surface area contributed by atoms with E-state index in [1.165, 1.54) is 29.7 Å². The number of nitrogens with zero attached hydrogens (tertiary/aromatic N) is 2. The third-order valence-corrected chi connectivity index (χ3v) is 5.01. The van der Waals surface area contributed by atoms with Gasteiger partial charge in [0.15, 0.2) is 0 Å². The fourth-order valence-electron chi connectivity index (χ4n) is 3.60. The van der Waals surface area contributed by atoms with Gasteiger partial charge in [0.1, 0.15) is 0 Å². The molecule has 2 amide bonds. The van der Waals surface area contributed by atoms with Crippen LogP contribution in [0.2, 0.25) is 0 Å². The van der Waals surface area contributed by atoms with Gasteiger partial charge in [-0.3, -0.25) is 0 Å². The SMILES string of the molecule is O=C(Nc1ccc(N2CCCC2)cc1)N1CCc2ccccc2C1. The Morgan fingerprint density at radius 3 is 2.33 bits per heavy atom. The Hall–Kier alpha value is -2.49. The highest BCUT2D eigenvalue weighted by Gasteiger charge is 2.20. The van der Waals surface area contributed by atoms with Crippen LogP contribution in [0.1, 0.15) is 24.0 Å². The lowest BCUT2D eigenvalue weighted by molar-refractivity contribution is 0.206. The average molecular weight is 321 g/mol. The average Bonchev–Trinajstić information content (AvgIpc) is 3.16. The molecule has 2 aromatic rings. The number of benzene rings is 2. The first-order chi connectivity index (χ1) is 11.8. The van der Waals surface area contributed by atoms with Crippen LogP contribution >= 0.6 is 0 Å². The first-order valence-electron chi connectivity index (χ1n) is 8.77. The number of fused-ring (bicyclic) bond motifs is 1. The molecule has 0 aromatic heterocycles. The van der Waals surface area contributed by atoms with E-state index in [2.05, 4.69) is 40.5 Å². The molecule has 2 aliphatic rings. The monoisotopic (exact) mass is 321 g/mol. The Morgan fingerprint density at radius 1 is 0.875 bits per heavy atom. The van der Waals surface area contributed by atoms with Crippen molar-refractivity contribution < 1.29 is 4.79 Å². The summed E-state index contributed by atoms with van der Waals surface area (Å²) >= 11 is 0. The van der Waals surface area contributed by atoms with Gasteiger partial charge in [-0.1, -0.05) is 24.3 Å². The lowest BCUT2D eigenvalue weighted by Crippen LogP contribution is -2.38. The Labute approximate surface area is 143 Å². The van der Waals surface area contributed by atoms with Crippen LogP contribution in [0.15, 0.2) is 48.5 Å². The van der Waals surface area contributed by atoms with E-state index in [9.17, 15) is 4.79 Å². The predicted molar refractivity (Wildman–Crippen MR) is 97.5 cm³/mol. The van der Waals surface area contributed by atoms with Crippen LogP contribution in [-0.2, 0) is 13.0 Å². The summed E-state index contributed by atoms with van der Waals surface area (Å²) in [5.74, 6) is 0. The number of rotatable bonds is 2. The maximum atomic E-state index is 12.5. The zero-order chi connectivity index (χ0) is 16.4. The van der Waals surface area contributed by atoms with E-state index >= 15 is 0 Å². The molecule has 0 saturated carbocycles. The minimum Gasteiger partial charge on any atom is -0.372 e. The third kappa shape index (κ3) is 3.09. The number of nitrogens with one attached hydrogen (secondary N) is 1. The quantitative estimate of drug-likeness (QED) is 0.911. The summed E-state index contributed by atoms with van der Waals surface area (Å²) in [6.07, 6.45) is 3.47. The Bertz CT molecular complexity index is 720. The summed E-state index contributed by atoms with van der Waals surface area (Å²) in [7, 11) is 0. The summed E-state index contributed by atoms with van der Waals surface area (Å²) in [6, 6.07) is 16.6. The fraction of sp³-hybridized carbons (Fsp3) is 0.350. The molecule has 0 unspecified atom stereocenters. The Balaban J connectivity index is 1.39. The molecule has 0 radical (unpaired) electrons. The maximum Gasteiger partial charge on any atom is 0.322 e. The third-order valence-electron chi connectivity index (χ3n) is 5.01. The van der Waals surface area contributed by atoms with Gasteiger partial charge in [-0.25, -0.2) is 4.79 Å². The lowest BCUT2D eigenvalue weighted by Gasteiger charge is -2.29. The van der Waals surface area contributed by atoms with Crippen LogP contribution in [-0.4, -0.2) is 30.6 Å². The predicted octanol–water partition coefficient (Wildman–Crippen LogP) is 3.88. The molecule has 2 heterocycles. The first-order valence-corrected chi connectivity index (χ1v) is 8.77. The molecular formula is C20H23N3O. The number of anilines is 2. The molecule has 124 valence electrons. The molecule has 0 spiro atoms. The van der Waals surface area contributed by atoms with Gasteiger partial charge in [0.2, 0.25) is 0 Å². The van der Waals surface area contributed by atoms with Gasteiger partial charge in [-0.2, -0.15) is 0 Å². The van der Waals surface area contributed by atoms with Crippen LogP contribution in [0, 0.1) is 0 Å². The topological polar surface area (TPSA) is 35.6 Å². The van der Waals surface area contributed by atoms with Gasteiger partial charge in [0, 0.05) is 37.6 Å². The van der Waals surface area contributed by atoms with E-state index in [0.717, 1.165) is 31.7 Å². The number of carbonyl (C=O) groups excluding carboxylic acids is 1. The number of urea groups is 1. The summed E-state index contributed by atoms with van der Waals surface area (Å²) in [4.78, 5) is 16.8. The zero-order valence-corrected chi connectivity index (χ0v) is 13.9. The van der Waals surface area contributed by atoms with E-state index in [0.29, 0.717) is 6.54 Å². The highest BCUT2D eigenvalue weighted by Crippen LogP contribution is 2.23. The first kappa shape index (κ1) is 15.1. The molecule has 2 aromatic carbocycles. The fourth-order valence-corrected chi connectivity index (χ4v) is 3.60. The van der Waals surface area contributed by atoms with Gasteiger partial charge in [-0.05, 0) is 54.7 Å². The summed E-state index contributed by atoms with van der Waals surface area (Å²) in [5.41, 5.74) is 4.72. The van der Waals surface area contributed by atoms with Crippen molar-refractivity contribution in [2.45, 2.75) is 25.8 Å². The number of carbonyl (C=O) groups is 1. The molecule has 24 heavy (non-hydrogen) atoms. The maximum absolute atomic E-state index is 12.5. The van der Waals surface area contributed by atoms with Crippen molar-refractivity contribution in [2.75, 3.05) is 29.9 Å². The van der Waals surface area contributed by atoms with Gasteiger partial charge in [0.25, 0.3) is 0 Å². The largest absolute Gasteiger partial charge is 0.372 e. The Morgan fingerprint density at radius 2 is 1.58 bits per heavy atom. The highest BCUT2D eigenvalue weighted by molar-refractivity contribution is 5.89. The minimum atomic E-state index is -0.0153. The van der Waals surface area contributed by atoms with E-state index in [1.807, 2.05) is 23.1 Å². The van der Waals surface area contributed by atoms with Crippen LogP contribution in [0.5, 0.6) is 0 Å². The van der Waals surface area contributed by atoms with Crippen molar-refractivity contribution in [2.24, 2.45) is 0 Å². The van der Waals surface area contributed by atoms with Gasteiger partial charge >= 0.3 is 6.03 Å². The minimum absolute atomic E-state index is 0.0153. The number of hydrogen-bond acceptors (Lipinski definition) is 2. The molecule has 4 nitrogen and oxygen atoms in total. The summed E-state index contributed by atoms with van der Waals surface area (Å²) in [5, 5.41) is 3.03. The van der Waals surface area contributed by atoms with Crippen LogP contribution < -0.4 is 10.2 Å². The van der Waals surface area contributed by atoms with Crippen molar-refractivity contribution in [3.63, 3.8) is 0 Å². The highest BCUT2D eigenvalue weighted by atomic mass is 16.2. The molecule has 1 N–H and O–H groups in total.